The van der Waals surface area contributed by atoms with Gasteiger partial charge < -0.3 is 30.1 Å². The number of hydrogen-bond acceptors (Lipinski definition) is 7. The van der Waals surface area contributed by atoms with Gasteiger partial charge in [0.05, 0.1) is 29.7 Å². The average molecular weight is 693 g/mol. The van der Waals surface area contributed by atoms with Gasteiger partial charge in [-0.1, -0.05) is 18.2 Å². The van der Waals surface area contributed by atoms with Crippen molar-refractivity contribution in [1.29, 1.82) is 0 Å². The predicted molar refractivity (Wildman–Crippen MR) is 187 cm³/mol. The van der Waals surface area contributed by atoms with Gasteiger partial charge in [-0.3, -0.25) is 24.7 Å². The van der Waals surface area contributed by atoms with E-state index < -0.39 is 23.2 Å². The third-order valence-corrected chi connectivity index (χ3v) is 9.72. The Morgan fingerprint density at radius 2 is 1.40 bits per heavy atom. The van der Waals surface area contributed by atoms with Crippen LogP contribution in [-0.2, 0) is 16.0 Å². The molecule has 0 unspecified atom stereocenters. The molecule has 3 saturated heterocycles. The number of piperidine rings is 1. The molecule has 0 bridgehead atoms. The van der Waals surface area contributed by atoms with Gasteiger partial charge in [-0.05, 0) is 69.4 Å². The standard InChI is InChI=1S/C37H50FN7O5/c1-37(2,3)50-36(49)45-12-10-26(11-13-45)24-41-14-16-42(17-15-41)25-33(46)43-18-20-44(21-19-43)35(48)30-22-27(8-9-31(30)38)23-32(39)28-6-4-5-7-29(28)34(40)47/h4-9,22,26,39H,10-21,23-25H2,1-3H3,(H2,40,47)/p+1. The largest absolute Gasteiger partial charge is 0.444 e. The zero-order valence-electron chi connectivity index (χ0n) is 29.5. The van der Waals surface area contributed by atoms with Crippen molar-refractivity contribution in [3.05, 3.63) is 70.5 Å². The minimum Gasteiger partial charge on any atom is -0.444 e. The second-order valence-electron chi connectivity index (χ2n) is 14.6. The number of nitrogens with two attached hydrogens (primary N) is 2. The molecule has 4 amide bonds. The summed E-state index contributed by atoms with van der Waals surface area (Å²) < 4.78 is 20.4. The fourth-order valence-corrected chi connectivity index (χ4v) is 6.88. The van der Waals surface area contributed by atoms with Crippen LogP contribution in [-0.4, -0.2) is 138 Å². The summed E-state index contributed by atoms with van der Waals surface area (Å²) in [6, 6.07) is 11.1. The highest BCUT2D eigenvalue weighted by Crippen LogP contribution is 2.22. The van der Waals surface area contributed by atoms with E-state index >= 15 is 0 Å². The monoisotopic (exact) mass is 692 g/mol. The molecular formula is C37H51FN7O5+. The first kappa shape index (κ1) is 36.9. The topological polar surface area (TPSA) is 145 Å². The van der Waals surface area contributed by atoms with E-state index in [0.717, 1.165) is 58.7 Å². The van der Waals surface area contributed by atoms with Crippen molar-refractivity contribution in [3.63, 3.8) is 0 Å². The molecule has 0 atom stereocenters. The van der Waals surface area contributed by atoms with E-state index in [2.05, 4.69) is 9.80 Å². The number of benzene rings is 2. The van der Waals surface area contributed by atoms with Crippen LogP contribution in [0.1, 0.15) is 65.5 Å². The van der Waals surface area contributed by atoms with Gasteiger partial charge in [-0.2, -0.15) is 0 Å². The Kier molecular flexibility index (Phi) is 11.9. The lowest BCUT2D eigenvalue weighted by Crippen LogP contribution is -2.55. The van der Waals surface area contributed by atoms with Crippen LogP contribution >= 0.6 is 0 Å². The number of carbonyl (C=O) groups is 4. The van der Waals surface area contributed by atoms with E-state index in [1.807, 2.05) is 25.7 Å². The molecule has 0 saturated carbocycles. The minimum atomic E-state index is -0.626. The van der Waals surface area contributed by atoms with Crippen molar-refractivity contribution in [1.82, 2.24) is 24.5 Å². The van der Waals surface area contributed by atoms with Crippen molar-refractivity contribution >= 4 is 29.5 Å². The number of hydrogen-bond donors (Lipinski definition) is 2. The summed E-state index contributed by atoms with van der Waals surface area (Å²) in [6.45, 7) is 13.2. The summed E-state index contributed by atoms with van der Waals surface area (Å²) in [7, 11) is 0. The molecule has 13 heteroatoms. The maximum atomic E-state index is 14.9. The van der Waals surface area contributed by atoms with Crippen LogP contribution < -0.4 is 11.1 Å². The second kappa shape index (κ2) is 16.1. The second-order valence-corrected chi connectivity index (χ2v) is 14.6. The van der Waals surface area contributed by atoms with E-state index in [-0.39, 0.29) is 24.0 Å². The summed E-state index contributed by atoms with van der Waals surface area (Å²) in [5.74, 6) is -1.08. The smallest absolute Gasteiger partial charge is 0.410 e. The van der Waals surface area contributed by atoms with Crippen molar-refractivity contribution in [2.24, 2.45) is 11.7 Å². The number of piperazine rings is 2. The van der Waals surface area contributed by atoms with Crippen LogP contribution in [0.5, 0.6) is 0 Å². The number of rotatable bonds is 9. The first-order chi connectivity index (χ1) is 23.8. The van der Waals surface area contributed by atoms with E-state index in [0.29, 0.717) is 61.0 Å². The molecule has 3 fully saturated rings. The molecule has 0 radical (unpaired) electrons. The third kappa shape index (κ3) is 9.66. The summed E-state index contributed by atoms with van der Waals surface area (Å²) >= 11 is 0. The van der Waals surface area contributed by atoms with E-state index in [1.54, 1.807) is 40.1 Å². The SMILES string of the molecule is CC(C)(C)OC(=O)N1CCC(CN2CCN(CC(=O)N3CCN(C(=O)c4cc(CC(=[NH2+])c5ccccc5C(N)=O)ccc4F)CC3)CC2)CC1. The molecule has 5 rings (SSSR count). The van der Waals surface area contributed by atoms with Crippen molar-refractivity contribution in [2.45, 2.75) is 45.6 Å². The van der Waals surface area contributed by atoms with Gasteiger partial charge in [0.1, 0.15) is 11.4 Å². The summed E-state index contributed by atoms with van der Waals surface area (Å²) in [4.78, 5) is 60.6. The lowest BCUT2D eigenvalue weighted by Gasteiger charge is -2.40. The minimum absolute atomic E-state index is 0.0375. The van der Waals surface area contributed by atoms with Crippen LogP contribution in [0, 0.1) is 11.7 Å². The third-order valence-electron chi connectivity index (χ3n) is 9.72. The van der Waals surface area contributed by atoms with Gasteiger partial charge in [-0.25, -0.2) is 9.18 Å². The number of primary amides is 1. The lowest BCUT2D eigenvalue weighted by molar-refractivity contribution is -0.134. The molecule has 2 aromatic rings. The van der Waals surface area contributed by atoms with Crippen LogP contribution in [0.15, 0.2) is 42.5 Å². The first-order valence-electron chi connectivity index (χ1n) is 17.6. The Bertz CT molecular complexity index is 1570. The molecule has 270 valence electrons. The molecule has 3 heterocycles. The highest BCUT2D eigenvalue weighted by molar-refractivity contribution is 6.08. The Labute approximate surface area is 293 Å². The quantitative estimate of drug-likeness (QED) is 0.377. The van der Waals surface area contributed by atoms with Gasteiger partial charge in [0.25, 0.3) is 5.91 Å². The van der Waals surface area contributed by atoms with E-state index in [9.17, 15) is 23.6 Å². The number of nitrogens with zero attached hydrogens (tertiary/aromatic N) is 5. The fraction of sp³-hybridized carbons (Fsp3) is 0.541. The van der Waals surface area contributed by atoms with Crippen LogP contribution in [0.25, 0.3) is 0 Å². The Hall–Kier alpha value is -4.36. The predicted octanol–water partition coefficient (Wildman–Crippen LogP) is 1.26. The number of amides is 4. The van der Waals surface area contributed by atoms with Gasteiger partial charge in [0.2, 0.25) is 11.8 Å². The van der Waals surface area contributed by atoms with Gasteiger partial charge >= 0.3 is 6.09 Å². The normalized spacial score (nSPS) is 18.2. The van der Waals surface area contributed by atoms with Crippen molar-refractivity contribution < 1.29 is 33.7 Å². The first-order valence-corrected chi connectivity index (χ1v) is 17.6. The summed E-state index contributed by atoms with van der Waals surface area (Å²) in [6.07, 6.45) is 1.90. The maximum Gasteiger partial charge on any atom is 0.410 e. The van der Waals surface area contributed by atoms with Crippen LogP contribution in [0.4, 0.5) is 9.18 Å². The van der Waals surface area contributed by atoms with E-state index in [4.69, 9.17) is 15.9 Å². The molecule has 0 spiro atoms. The molecule has 3 aliphatic heterocycles. The molecule has 2 aromatic carbocycles. The van der Waals surface area contributed by atoms with Crippen LogP contribution in [0.2, 0.25) is 0 Å². The maximum absolute atomic E-state index is 14.9. The van der Waals surface area contributed by atoms with Crippen LogP contribution in [0.3, 0.4) is 0 Å². The van der Waals surface area contributed by atoms with Gasteiger partial charge in [-0.15, -0.1) is 0 Å². The number of halogens is 1. The summed E-state index contributed by atoms with van der Waals surface area (Å²) in [5, 5.41) is 6.32. The zero-order valence-corrected chi connectivity index (χ0v) is 29.5. The number of carbonyl (C=O) groups excluding carboxylic acids is 4. The molecular weight excluding hydrogens is 641 g/mol. The highest BCUT2D eigenvalue weighted by Gasteiger charge is 2.31. The fourth-order valence-electron chi connectivity index (χ4n) is 6.88. The lowest BCUT2D eigenvalue weighted by atomic mass is 9.96. The Balaban J connectivity index is 1.04. The molecule has 50 heavy (non-hydrogen) atoms. The number of likely N-dealkylation sites (tertiary alicyclic amines) is 1. The zero-order chi connectivity index (χ0) is 36.0. The highest BCUT2D eigenvalue weighted by atomic mass is 19.1. The Morgan fingerprint density at radius 3 is 2.02 bits per heavy atom. The van der Waals surface area contributed by atoms with Gasteiger partial charge in [0, 0.05) is 72.0 Å². The Morgan fingerprint density at radius 1 is 0.800 bits per heavy atom. The number of ether oxygens (including phenoxy) is 1. The molecule has 4 N–H and O–H groups in total. The molecule has 0 aliphatic carbocycles. The molecule has 0 aromatic heterocycles. The van der Waals surface area contributed by atoms with Crippen molar-refractivity contribution in [3.8, 4) is 0 Å². The van der Waals surface area contributed by atoms with Gasteiger partial charge in [0.15, 0.2) is 5.71 Å². The van der Waals surface area contributed by atoms with E-state index in [1.165, 1.54) is 12.1 Å². The molecule has 3 aliphatic rings. The summed E-state index contributed by atoms with van der Waals surface area (Å²) in [5.41, 5.74) is 6.77. The average Bonchev–Trinajstić information content (AvgIpc) is 3.09. The van der Waals surface area contributed by atoms with Crippen molar-refractivity contribution in [2.75, 3.05) is 78.5 Å². The molecule has 12 nitrogen and oxygen atoms in total.